The molecule has 1 saturated heterocycles. The van der Waals surface area contributed by atoms with Gasteiger partial charge in [0.2, 0.25) is 0 Å². The third-order valence-corrected chi connectivity index (χ3v) is 20.9. The van der Waals surface area contributed by atoms with E-state index < -0.39 is 26.6 Å². The van der Waals surface area contributed by atoms with Crippen molar-refractivity contribution in [3.63, 3.8) is 0 Å². The minimum atomic E-state index is -2.95. The van der Waals surface area contributed by atoms with Gasteiger partial charge in [-0.05, 0) is 32.5 Å². The molecular weight excluding hydrogens is 461 g/mol. The van der Waals surface area contributed by atoms with Crippen LogP contribution < -0.4 is 16.0 Å². The Labute approximate surface area is 198 Å². The molecule has 0 atom stereocenters. The lowest BCUT2D eigenvalue weighted by Gasteiger charge is -2.54. The maximum Gasteiger partial charge on any atom is 0.151 e. The molecule has 10 heteroatoms. The molecule has 1 rings (SSSR count). The topological polar surface area (TPSA) is 90.5 Å². The van der Waals surface area contributed by atoms with Gasteiger partial charge in [-0.15, -0.1) is 0 Å². The molecule has 0 radical (unpaired) electrons. The van der Waals surface area contributed by atoms with Gasteiger partial charge >= 0.3 is 0 Å². The van der Waals surface area contributed by atoms with Gasteiger partial charge in [0.1, 0.15) is 19.3 Å². The fraction of sp³-hybridized carbons (Fsp3) is 1.00. The predicted octanol–water partition coefficient (Wildman–Crippen LogP) is 4.63. The highest BCUT2D eigenvalue weighted by Crippen LogP contribution is 2.80. The fourth-order valence-electron chi connectivity index (χ4n) is 5.19. The van der Waals surface area contributed by atoms with Crippen LogP contribution in [0.3, 0.4) is 0 Å². The van der Waals surface area contributed by atoms with E-state index in [0.717, 1.165) is 45.6 Å². The molecular formula is C22H51N4O3P3. The van der Waals surface area contributed by atoms with Crippen LogP contribution in [-0.4, -0.2) is 92.5 Å². The molecule has 32 heavy (non-hydrogen) atoms. The summed E-state index contributed by atoms with van der Waals surface area (Å²) in [6.07, 6.45) is 4.72. The first-order valence-electron chi connectivity index (χ1n) is 12.8. The van der Waals surface area contributed by atoms with Crippen LogP contribution in [0.5, 0.6) is 0 Å². The summed E-state index contributed by atoms with van der Waals surface area (Å²) in [6.45, 7) is 17.1. The fourth-order valence-corrected chi connectivity index (χ4v) is 18.5. The van der Waals surface area contributed by atoms with Gasteiger partial charge in [-0.1, -0.05) is 41.5 Å². The summed E-state index contributed by atoms with van der Waals surface area (Å²) in [6, 6.07) is 0. The van der Waals surface area contributed by atoms with Crippen LogP contribution in [-0.2, 0) is 13.7 Å². The van der Waals surface area contributed by atoms with Crippen molar-refractivity contribution in [2.45, 2.75) is 59.4 Å². The van der Waals surface area contributed by atoms with Gasteiger partial charge in [0.15, 0.2) is 7.29 Å². The Morgan fingerprint density at radius 1 is 0.625 bits per heavy atom. The maximum atomic E-state index is 14.8. The number of hydrogen-bond acceptors (Lipinski definition) is 6. The Bertz CT molecular complexity index is 639. The Morgan fingerprint density at radius 3 is 1.50 bits per heavy atom. The van der Waals surface area contributed by atoms with Crippen molar-refractivity contribution in [3.8, 4) is 0 Å². The highest BCUT2D eigenvalue weighted by Gasteiger charge is 2.62. The predicted molar refractivity (Wildman–Crippen MR) is 143 cm³/mol. The minimum absolute atomic E-state index is 0.391. The normalized spacial score (nSPS) is 21.2. The van der Waals surface area contributed by atoms with Gasteiger partial charge in [0, 0.05) is 63.2 Å². The second-order valence-electron chi connectivity index (χ2n) is 8.80. The third kappa shape index (κ3) is 6.39. The van der Waals surface area contributed by atoms with Crippen LogP contribution in [0.2, 0.25) is 0 Å². The second-order valence-corrected chi connectivity index (χ2v) is 20.2. The van der Waals surface area contributed by atoms with Gasteiger partial charge in [0.05, 0.1) is 0 Å². The van der Waals surface area contributed by atoms with Crippen LogP contribution in [0.15, 0.2) is 0 Å². The van der Waals surface area contributed by atoms with E-state index in [1.807, 2.05) is 41.5 Å². The lowest BCUT2D eigenvalue weighted by molar-refractivity contribution is 0.313. The first-order chi connectivity index (χ1) is 15.2. The summed E-state index contributed by atoms with van der Waals surface area (Å²) < 4.78 is 46.2. The Hall–Kier alpha value is 0.530. The highest BCUT2D eigenvalue weighted by molar-refractivity contribution is 7.84. The monoisotopic (exact) mass is 512 g/mol. The third-order valence-electron chi connectivity index (χ3n) is 7.46. The van der Waals surface area contributed by atoms with Crippen molar-refractivity contribution in [1.29, 1.82) is 0 Å². The molecule has 0 aromatic heterocycles. The molecule has 0 aliphatic carbocycles. The van der Waals surface area contributed by atoms with Crippen molar-refractivity contribution >= 4 is 21.6 Å². The van der Waals surface area contributed by atoms with E-state index in [1.54, 1.807) is 0 Å². The van der Waals surface area contributed by atoms with E-state index in [9.17, 15) is 13.7 Å². The molecule has 0 amide bonds. The zero-order valence-corrected chi connectivity index (χ0v) is 24.3. The summed E-state index contributed by atoms with van der Waals surface area (Å²) in [7, 11) is -8.75. The number of nitrogens with one attached hydrogen (secondary N) is 3. The zero-order valence-electron chi connectivity index (χ0n) is 21.6. The average molecular weight is 513 g/mol. The van der Waals surface area contributed by atoms with Gasteiger partial charge in [-0.25, -0.2) is 4.67 Å². The lowest BCUT2D eigenvalue weighted by atomic mass is 10.3. The number of rotatable bonds is 9. The molecule has 192 valence electrons. The molecule has 3 N–H and O–H groups in total. The molecule has 1 aliphatic heterocycles. The van der Waals surface area contributed by atoms with Crippen LogP contribution in [0.1, 0.15) is 54.4 Å². The van der Waals surface area contributed by atoms with Gasteiger partial charge in [-0.3, -0.25) is 0 Å². The molecule has 0 unspecified atom stereocenters. The molecule has 1 aliphatic rings. The van der Waals surface area contributed by atoms with Crippen molar-refractivity contribution in [2.24, 2.45) is 0 Å². The molecule has 0 saturated carbocycles. The Balaban J connectivity index is 3.81. The van der Waals surface area contributed by atoms with Crippen molar-refractivity contribution < 1.29 is 13.7 Å². The van der Waals surface area contributed by atoms with E-state index in [4.69, 9.17) is 0 Å². The van der Waals surface area contributed by atoms with Crippen molar-refractivity contribution in [3.05, 3.63) is 0 Å². The smallest absolute Gasteiger partial charge is 0.151 e. The molecule has 1 fully saturated rings. The van der Waals surface area contributed by atoms with Crippen LogP contribution in [0, 0.1) is 0 Å². The minimum Gasteiger partial charge on any atom is -0.321 e. The Kier molecular flexibility index (Phi) is 13.5. The van der Waals surface area contributed by atoms with E-state index in [-0.39, 0.29) is 0 Å². The summed E-state index contributed by atoms with van der Waals surface area (Å²) in [5.74, 6) is 0. The second kappa shape index (κ2) is 14.2. The first kappa shape index (κ1) is 30.6. The number of nitrogens with zero attached hydrogens (tertiary/aromatic N) is 1. The molecule has 0 aromatic rings. The quantitative estimate of drug-likeness (QED) is 0.388. The lowest BCUT2D eigenvalue weighted by Crippen LogP contribution is -2.55. The van der Waals surface area contributed by atoms with Crippen LogP contribution in [0.25, 0.3) is 0 Å². The van der Waals surface area contributed by atoms with E-state index in [2.05, 4.69) is 20.6 Å². The van der Waals surface area contributed by atoms with Gasteiger partial charge < -0.3 is 29.6 Å². The standard InChI is InChI=1S/C22H51N4O3P3/c1-7-30(27,8-2)22(31(28,9-3)10-4)21-25-16-13-15-23-18-19-24-17-14-20-26(22)32(29,11-5)12-6/h23-25H,7-21H2,1-6H3. The molecule has 0 bridgehead atoms. The number of hydrogen-bond donors (Lipinski definition) is 3. The molecule has 0 aromatic carbocycles. The first-order valence-corrected chi connectivity index (χ1v) is 19.0. The van der Waals surface area contributed by atoms with Gasteiger partial charge in [0.25, 0.3) is 0 Å². The van der Waals surface area contributed by atoms with Crippen molar-refractivity contribution in [2.75, 3.05) is 82.8 Å². The van der Waals surface area contributed by atoms with E-state index in [1.165, 1.54) is 0 Å². The molecule has 1 heterocycles. The molecule has 7 nitrogen and oxygen atoms in total. The zero-order chi connectivity index (χ0) is 24.3. The SMILES string of the molecule is CCP(=O)(CC)N1CCCNCCNCCCNCC1(P(=O)(CC)CC)P(=O)(CC)CC. The molecule has 0 spiro atoms. The van der Waals surface area contributed by atoms with Crippen molar-refractivity contribution in [1.82, 2.24) is 20.6 Å². The highest BCUT2D eigenvalue weighted by atomic mass is 31.2. The average Bonchev–Trinajstić information content (AvgIpc) is 2.83. The van der Waals surface area contributed by atoms with Crippen LogP contribution >= 0.6 is 21.6 Å². The summed E-state index contributed by atoms with van der Waals surface area (Å²) >= 11 is 0. The van der Waals surface area contributed by atoms with Gasteiger partial charge in [-0.2, -0.15) is 0 Å². The maximum absolute atomic E-state index is 14.8. The summed E-state index contributed by atoms with van der Waals surface area (Å²) in [5.41, 5.74) is 0. The largest absolute Gasteiger partial charge is 0.321 e. The Morgan fingerprint density at radius 2 is 1.06 bits per heavy atom. The summed E-state index contributed by atoms with van der Waals surface area (Å²) in [4.78, 5) is 0. The summed E-state index contributed by atoms with van der Waals surface area (Å²) in [5, 5.41) is 9.44. The van der Waals surface area contributed by atoms with E-state index >= 15 is 0 Å². The van der Waals surface area contributed by atoms with E-state index in [0.29, 0.717) is 50.1 Å². The van der Waals surface area contributed by atoms with Crippen LogP contribution in [0.4, 0.5) is 0 Å².